The molecule has 0 saturated heterocycles. The Labute approximate surface area is 123 Å². The fraction of sp³-hybridized carbons (Fsp3) is 0.667. The van der Waals surface area contributed by atoms with Gasteiger partial charge in [0.25, 0.3) is 0 Å². The third kappa shape index (κ3) is 4.32. The molecule has 0 radical (unpaired) electrons. The molecule has 20 heavy (non-hydrogen) atoms. The van der Waals surface area contributed by atoms with E-state index in [1.807, 2.05) is 12.1 Å². The third-order valence-electron chi connectivity index (χ3n) is 4.46. The van der Waals surface area contributed by atoms with Gasteiger partial charge in [0.2, 0.25) is 0 Å². The predicted molar refractivity (Wildman–Crippen MR) is 85.0 cm³/mol. The van der Waals surface area contributed by atoms with Crippen molar-refractivity contribution in [3.63, 3.8) is 0 Å². The van der Waals surface area contributed by atoms with E-state index in [0.717, 1.165) is 18.4 Å². The van der Waals surface area contributed by atoms with E-state index in [2.05, 4.69) is 32.9 Å². The Balaban J connectivity index is 2.96. The molecule has 0 aliphatic carbocycles. The molecule has 1 atom stereocenters. The maximum Gasteiger partial charge on any atom is 0.0550 e. The monoisotopic (exact) mass is 278 g/mol. The Hall–Kier alpha value is -0.860. The number of hydrogen-bond donors (Lipinski definition) is 2. The lowest BCUT2D eigenvalue weighted by molar-refractivity contribution is 0.0922. The van der Waals surface area contributed by atoms with Gasteiger partial charge in [0.15, 0.2) is 0 Å². The number of rotatable bonds is 9. The molecule has 1 aromatic rings. The second kappa shape index (κ2) is 8.43. The van der Waals surface area contributed by atoms with Crippen LogP contribution in [0.4, 0.5) is 0 Å². The largest absolute Gasteiger partial charge is 0.395 e. The van der Waals surface area contributed by atoms with E-state index in [0.29, 0.717) is 5.92 Å². The Morgan fingerprint density at radius 3 is 2.35 bits per heavy atom. The van der Waals surface area contributed by atoms with Crippen molar-refractivity contribution in [2.45, 2.75) is 58.3 Å². The van der Waals surface area contributed by atoms with E-state index < -0.39 is 5.41 Å². The van der Waals surface area contributed by atoms with Gasteiger partial charge in [0.1, 0.15) is 0 Å². The van der Waals surface area contributed by atoms with Gasteiger partial charge in [-0.05, 0) is 24.8 Å². The van der Waals surface area contributed by atoms with Crippen LogP contribution in [-0.2, 0) is 5.41 Å². The first-order chi connectivity index (χ1) is 9.61. The van der Waals surface area contributed by atoms with Crippen LogP contribution in [0.25, 0.3) is 0 Å². The summed E-state index contributed by atoms with van der Waals surface area (Å²) in [5.41, 5.74) is 1.74. The third-order valence-corrected chi connectivity index (χ3v) is 4.46. The predicted octanol–water partition coefficient (Wildman–Crippen LogP) is 3.82. The number of benzene rings is 1. The topological polar surface area (TPSA) is 40.5 Å². The van der Waals surface area contributed by atoms with Gasteiger partial charge in [-0.15, -0.1) is 0 Å². The lowest BCUT2D eigenvalue weighted by Crippen LogP contribution is -2.37. The van der Waals surface area contributed by atoms with Crippen LogP contribution < -0.4 is 0 Å². The van der Waals surface area contributed by atoms with Gasteiger partial charge < -0.3 is 10.2 Å². The molecule has 0 aromatic heterocycles. The van der Waals surface area contributed by atoms with Crippen molar-refractivity contribution < 1.29 is 10.2 Å². The summed E-state index contributed by atoms with van der Waals surface area (Å²) in [7, 11) is 0. The van der Waals surface area contributed by atoms with Gasteiger partial charge in [-0.2, -0.15) is 0 Å². The molecule has 0 saturated carbocycles. The number of aryl methyl sites for hydroxylation is 1. The molecule has 0 spiro atoms. The van der Waals surface area contributed by atoms with Crippen LogP contribution in [0.3, 0.4) is 0 Å². The average Bonchev–Trinajstić information content (AvgIpc) is 2.48. The molecule has 0 fully saturated rings. The Kier molecular flexibility index (Phi) is 7.25. The van der Waals surface area contributed by atoms with Gasteiger partial charge in [-0.3, -0.25) is 0 Å². The summed E-state index contributed by atoms with van der Waals surface area (Å²) in [5, 5.41) is 19.9. The van der Waals surface area contributed by atoms with E-state index >= 15 is 0 Å². The van der Waals surface area contributed by atoms with E-state index in [1.54, 1.807) is 0 Å². The quantitative estimate of drug-likeness (QED) is 0.721. The van der Waals surface area contributed by atoms with E-state index in [4.69, 9.17) is 0 Å². The SMILES string of the molecule is CCCCC(CC)CC(CO)(CO)c1cccc(C)c1. The van der Waals surface area contributed by atoms with Crippen LogP contribution in [0, 0.1) is 12.8 Å². The maximum absolute atomic E-state index is 9.93. The lowest BCUT2D eigenvalue weighted by Gasteiger charge is -2.34. The van der Waals surface area contributed by atoms with Gasteiger partial charge >= 0.3 is 0 Å². The molecule has 0 aliphatic heterocycles. The molecule has 1 rings (SSSR count). The minimum atomic E-state index is -0.500. The standard InChI is InChI=1S/C18H30O2/c1-4-6-9-16(5-2)12-18(13-19,14-20)17-10-7-8-15(3)11-17/h7-8,10-11,16,19-20H,4-6,9,12-14H2,1-3H3. The lowest BCUT2D eigenvalue weighted by atomic mass is 9.73. The second-order valence-electron chi connectivity index (χ2n) is 6.09. The van der Waals surface area contributed by atoms with Crippen molar-refractivity contribution in [1.82, 2.24) is 0 Å². The highest BCUT2D eigenvalue weighted by atomic mass is 16.3. The molecule has 0 aliphatic rings. The van der Waals surface area contributed by atoms with E-state index in [-0.39, 0.29) is 13.2 Å². The molecule has 1 aromatic carbocycles. The molecule has 2 nitrogen and oxygen atoms in total. The van der Waals surface area contributed by atoms with Crippen molar-refractivity contribution in [1.29, 1.82) is 0 Å². The minimum Gasteiger partial charge on any atom is -0.395 e. The summed E-state index contributed by atoms with van der Waals surface area (Å²) in [6.07, 6.45) is 5.57. The van der Waals surface area contributed by atoms with Crippen molar-refractivity contribution in [2.75, 3.05) is 13.2 Å². The van der Waals surface area contributed by atoms with Crippen molar-refractivity contribution in [3.05, 3.63) is 35.4 Å². The molecule has 0 amide bonds. The maximum atomic E-state index is 9.93. The zero-order valence-corrected chi connectivity index (χ0v) is 13.2. The summed E-state index contributed by atoms with van der Waals surface area (Å²) < 4.78 is 0. The van der Waals surface area contributed by atoms with Crippen molar-refractivity contribution in [2.24, 2.45) is 5.92 Å². The Morgan fingerprint density at radius 2 is 1.85 bits per heavy atom. The number of hydrogen-bond acceptors (Lipinski definition) is 2. The van der Waals surface area contributed by atoms with Crippen LogP contribution in [-0.4, -0.2) is 23.4 Å². The smallest absolute Gasteiger partial charge is 0.0550 e. The summed E-state index contributed by atoms with van der Waals surface area (Å²) >= 11 is 0. The zero-order valence-electron chi connectivity index (χ0n) is 13.2. The van der Waals surface area contributed by atoms with Gasteiger partial charge in [0.05, 0.1) is 13.2 Å². The average molecular weight is 278 g/mol. The first kappa shape index (κ1) is 17.2. The van der Waals surface area contributed by atoms with Crippen LogP contribution in [0.1, 0.15) is 57.1 Å². The molecule has 0 bridgehead atoms. The van der Waals surface area contributed by atoms with Crippen LogP contribution in [0.5, 0.6) is 0 Å². The summed E-state index contributed by atoms with van der Waals surface area (Å²) in [6.45, 7) is 6.48. The molecular formula is C18H30O2. The molecule has 0 heterocycles. The van der Waals surface area contributed by atoms with Crippen molar-refractivity contribution in [3.8, 4) is 0 Å². The minimum absolute atomic E-state index is 0.00950. The van der Waals surface area contributed by atoms with Gasteiger partial charge in [-0.1, -0.05) is 69.4 Å². The summed E-state index contributed by atoms with van der Waals surface area (Å²) in [6, 6.07) is 8.19. The van der Waals surface area contributed by atoms with Crippen molar-refractivity contribution >= 4 is 0 Å². The molecule has 1 unspecified atom stereocenters. The highest BCUT2D eigenvalue weighted by molar-refractivity contribution is 5.30. The second-order valence-corrected chi connectivity index (χ2v) is 6.09. The van der Waals surface area contributed by atoms with E-state index in [9.17, 15) is 10.2 Å². The normalized spacial score (nSPS) is 13.4. The highest BCUT2D eigenvalue weighted by Crippen LogP contribution is 2.34. The van der Waals surface area contributed by atoms with E-state index in [1.165, 1.54) is 24.8 Å². The first-order valence-corrected chi connectivity index (χ1v) is 7.90. The first-order valence-electron chi connectivity index (χ1n) is 7.90. The fourth-order valence-electron chi connectivity index (χ4n) is 2.95. The van der Waals surface area contributed by atoms with Crippen LogP contribution in [0.2, 0.25) is 0 Å². The Bertz CT molecular complexity index is 383. The van der Waals surface area contributed by atoms with Gasteiger partial charge in [0, 0.05) is 5.41 Å². The van der Waals surface area contributed by atoms with Gasteiger partial charge in [-0.25, -0.2) is 0 Å². The fourth-order valence-corrected chi connectivity index (χ4v) is 2.95. The molecule has 2 heteroatoms. The van der Waals surface area contributed by atoms with Crippen LogP contribution >= 0.6 is 0 Å². The number of unbranched alkanes of at least 4 members (excludes halogenated alkanes) is 1. The molecule has 114 valence electrons. The number of aliphatic hydroxyl groups is 2. The zero-order chi connectivity index (χ0) is 15.0. The summed E-state index contributed by atoms with van der Waals surface area (Å²) in [5.74, 6) is 0.565. The molecular weight excluding hydrogens is 248 g/mol. The number of aliphatic hydroxyl groups excluding tert-OH is 2. The Morgan fingerprint density at radius 1 is 1.15 bits per heavy atom. The molecule has 2 N–H and O–H groups in total. The summed E-state index contributed by atoms with van der Waals surface area (Å²) in [4.78, 5) is 0. The van der Waals surface area contributed by atoms with Crippen LogP contribution in [0.15, 0.2) is 24.3 Å². The highest BCUT2D eigenvalue weighted by Gasteiger charge is 2.33.